The average molecular weight is 528 g/mol. The minimum absolute atomic E-state index is 0.0271. The van der Waals surface area contributed by atoms with E-state index in [9.17, 15) is 23.1 Å². The minimum Gasteiger partial charge on any atom is -0.497 e. The molecular weight excluding hydrogens is 499 g/mol. The van der Waals surface area contributed by atoms with E-state index in [1.165, 1.54) is 18.2 Å². The maximum absolute atomic E-state index is 14.1. The molecule has 0 saturated heterocycles. The quantitative estimate of drug-likeness (QED) is 0.353. The predicted octanol–water partition coefficient (Wildman–Crippen LogP) is 6.32. The number of aliphatic carboxylic acids is 1. The van der Waals surface area contributed by atoms with Crippen LogP contribution in [0.25, 0.3) is 16.7 Å². The molecule has 2 unspecified atom stereocenters. The van der Waals surface area contributed by atoms with E-state index >= 15 is 0 Å². The van der Waals surface area contributed by atoms with Gasteiger partial charge in [0.15, 0.2) is 0 Å². The molecule has 0 saturated carbocycles. The van der Waals surface area contributed by atoms with Crippen molar-refractivity contribution >= 4 is 17.5 Å². The van der Waals surface area contributed by atoms with Crippen LogP contribution in [-0.4, -0.2) is 34.3 Å². The number of nitrogens with zero attached hydrogens (tertiary/aromatic N) is 2. The third-order valence-electron chi connectivity index (χ3n) is 6.75. The van der Waals surface area contributed by atoms with Crippen LogP contribution in [0.5, 0.6) is 11.6 Å². The van der Waals surface area contributed by atoms with Crippen molar-refractivity contribution in [1.82, 2.24) is 9.97 Å². The summed E-state index contributed by atoms with van der Waals surface area (Å²) in [6.45, 7) is 1.67. The Labute approximate surface area is 218 Å². The molecule has 3 N–H and O–H groups in total. The van der Waals surface area contributed by atoms with Crippen LogP contribution in [0.4, 0.5) is 19.1 Å². The van der Waals surface area contributed by atoms with Gasteiger partial charge < -0.3 is 20.3 Å². The summed E-state index contributed by atoms with van der Waals surface area (Å²) in [6, 6.07) is 14.5. The molecule has 10 heteroatoms. The van der Waals surface area contributed by atoms with Crippen LogP contribution in [0.3, 0.4) is 0 Å². The van der Waals surface area contributed by atoms with E-state index in [0.717, 1.165) is 16.7 Å². The highest BCUT2D eigenvalue weighted by atomic mass is 19.4. The Kier molecular flexibility index (Phi) is 7.89. The largest absolute Gasteiger partial charge is 0.497 e. The molecule has 0 amide bonds. The van der Waals surface area contributed by atoms with Crippen molar-refractivity contribution in [2.24, 2.45) is 11.8 Å². The summed E-state index contributed by atoms with van der Waals surface area (Å²) >= 11 is 0. The molecule has 1 aliphatic carbocycles. The fraction of sp³-hybridized carbons (Fsp3) is 0.321. The topological polar surface area (TPSA) is 108 Å². The number of rotatable bonds is 8. The van der Waals surface area contributed by atoms with Crippen molar-refractivity contribution in [2.75, 3.05) is 12.8 Å². The smallest absolute Gasteiger partial charge is 0.429 e. The van der Waals surface area contributed by atoms with Crippen LogP contribution < -0.4 is 15.2 Å². The molecule has 4 rings (SSSR count). The Bertz CT molecular complexity index is 1330. The summed E-state index contributed by atoms with van der Waals surface area (Å²) in [6.07, 6.45) is -3.48. The maximum Gasteiger partial charge on any atom is 0.429 e. The molecule has 0 aliphatic heterocycles. The molecule has 3 atom stereocenters. The van der Waals surface area contributed by atoms with Crippen LogP contribution in [0.2, 0.25) is 0 Å². The molecule has 0 bridgehead atoms. The van der Waals surface area contributed by atoms with Crippen LogP contribution >= 0.6 is 0 Å². The first-order valence-electron chi connectivity index (χ1n) is 12.1. The van der Waals surface area contributed by atoms with Crippen LogP contribution in [0.15, 0.2) is 60.7 Å². The number of carboxylic acids is 1. The summed E-state index contributed by atoms with van der Waals surface area (Å²) in [7, 11) is 1.54. The number of nitrogens with two attached hydrogens (primary N) is 1. The van der Waals surface area contributed by atoms with E-state index in [1.807, 2.05) is 12.1 Å². The average Bonchev–Trinajstić information content (AvgIpc) is 2.90. The Morgan fingerprint density at radius 2 is 1.84 bits per heavy atom. The van der Waals surface area contributed by atoms with Gasteiger partial charge in [-0.25, -0.2) is 4.98 Å². The number of anilines is 1. The number of hydrogen-bond acceptors (Lipinski definition) is 6. The van der Waals surface area contributed by atoms with Crippen molar-refractivity contribution < 1.29 is 32.5 Å². The van der Waals surface area contributed by atoms with Gasteiger partial charge in [-0.2, -0.15) is 18.2 Å². The van der Waals surface area contributed by atoms with E-state index in [-0.39, 0.29) is 23.3 Å². The standard InChI is InChI=1S/C28H28F3N3O4/c1-16(26(35)36)17-6-10-19(11-7-17)23-15-24(34-27(32)33-23)38-25(28(29,30)31)20-12-8-18(9-13-20)21-4-3-5-22(14-21)37-2/h3-5,8-10,12-17,25H,6-7,11H2,1-2H3,(H,35,36)(H2,32,33,34)/t16?,17?,25-/m1/s1. The van der Waals surface area contributed by atoms with Gasteiger partial charge in [-0.3, -0.25) is 4.79 Å². The number of halogens is 3. The molecule has 0 fully saturated rings. The van der Waals surface area contributed by atoms with Gasteiger partial charge in [-0.05, 0) is 54.0 Å². The Morgan fingerprint density at radius 3 is 2.45 bits per heavy atom. The molecule has 0 radical (unpaired) electrons. The van der Waals surface area contributed by atoms with Crippen molar-refractivity contribution in [3.05, 3.63) is 71.9 Å². The fourth-order valence-corrected chi connectivity index (χ4v) is 4.51. The highest BCUT2D eigenvalue weighted by molar-refractivity contribution is 5.71. The summed E-state index contributed by atoms with van der Waals surface area (Å²) in [5, 5.41) is 9.26. The van der Waals surface area contributed by atoms with Gasteiger partial charge in [-0.15, -0.1) is 0 Å². The zero-order valence-corrected chi connectivity index (χ0v) is 20.9. The second-order valence-electron chi connectivity index (χ2n) is 9.23. The molecule has 200 valence electrons. The van der Waals surface area contributed by atoms with Crippen molar-refractivity contribution in [3.63, 3.8) is 0 Å². The van der Waals surface area contributed by atoms with Crippen LogP contribution in [0.1, 0.15) is 43.5 Å². The number of carboxylic acid groups (broad SMARTS) is 1. The van der Waals surface area contributed by atoms with Crippen molar-refractivity contribution in [2.45, 2.75) is 38.5 Å². The maximum atomic E-state index is 14.1. The minimum atomic E-state index is -4.72. The van der Waals surface area contributed by atoms with Gasteiger partial charge in [0.2, 0.25) is 17.9 Å². The highest BCUT2D eigenvalue weighted by Gasteiger charge is 2.43. The van der Waals surface area contributed by atoms with E-state index in [4.69, 9.17) is 15.2 Å². The first kappa shape index (κ1) is 27.0. The molecule has 0 spiro atoms. The molecule has 38 heavy (non-hydrogen) atoms. The number of ether oxygens (including phenoxy) is 2. The fourth-order valence-electron chi connectivity index (χ4n) is 4.51. The van der Waals surface area contributed by atoms with Gasteiger partial charge in [0.25, 0.3) is 0 Å². The second kappa shape index (κ2) is 11.1. The summed E-state index contributed by atoms with van der Waals surface area (Å²) < 4.78 is 52.8. The van der Waals surface area contributed by atoms with E-state index in [1.54, 1.807) is 44.4 Å². The lowest BCUT2D eigenvalue weighted by molar-refractivity contribution is -0.198. The molecule has 3 aromatic rings. The summed E-state index contributed by atoms with van der Waals surface area (Å²) in [4.78, 5) is 19.3. The number of aromatic nitrogens is 2. The normalized spacial score (nSPS) is 17.3. The lowest BCUT2D eigenvalue weighted by atomic mass is 9.81. The van der Waals surface area contributed by atoms with Crippen molar-refractivity contribution in [1.29, 1.82) is 0 Å². The number of alkyl halides is 3. The second-order valence-corrected chi connectivity index (χ2v) is 9.23. The molecular formula is C28H28F3N3O4. The van der Waals surface area contributed by atoms with E-state index in [0.29, 0.717) is 30.7 Å². The van der Waals surface area contributed by atoms with Gasteiger partial charge in [-0.1, -0.05) is 49.4 Å². The lowest BCUT2D eigenvalue weighted by Gasteiger charge is -2.25. The zero-order chi connectivity index (χ0) is 27.4. The number of methoxy groups -OCH3 is 1. The SMILES string of the molecule is COc1cccc(-c2ccc([C@@H](Oc3cc(C4=CCC(C(C)C(=O)O)CC4)nc(N)n3)C(F)(F)F)cc2)c1. The Hall–Kier alpha value is -4.08. The Balaban J connectivity index is 1.57. The lowest BCUT2D eigenvalue weighted by Crippen LogP contribution is -2.26. The highest BCUT2D eigenvalue weighted by Crippen LogP contribution is 2.39. The molecule has 7 nitrogen and oxygen atoms in total. The number of hydrogen-bond donors (Lipinski definition) is 2. The predicted molar refractivity (Wildman–Crippen MR) is 136 cm³/mol. The van der Waals surface area contributed by atoms with E-state index in [2.05, 4.69) is 9.97 Å². The summed E-state index contributed by atoms with van der Waals surface area (Å²) in [5.74, 6) is -1.25. The first-order valence-corrected chi connectivity index (χ1v) is 12.1. The monoisotopic (exact) mass is 527 g/mol. The third-order valence-corrected chi connectivity index (χ3v) is 6.75. The van der Waals surface area contributed by atoms with Crippen molar-refractivity contribution in [3.8, 4) is 22.8 Å². The zero-order valence-electron chi connectivity index (χ0n) is 20.9. The summed E-state index contributed by atoms with van der Waals surface area (Å²) in [5.41, 5.74) is 8.38. The number of benzene rings is 2. The van der Waals surface area contributed by atoms with E-state index < -0.39 is 24.2 Å². The molecule has 2 aromatic carbocycles. The van der Waals surface area contributed by atoms with Gasteiger partial charge in [0.05, 0.1) is 18.7 Å². The van der Waals surface area contributed by atoms with Crippen LogP contribution in [-0.2, 0) is 4.79 Å². The number of nitrogen functional groups attached to an aromatic ring is 1. The number of carbonyl (C=O) groups is 1. The first-order chi connectivity index (χ1) is 18.0. The number of allylic oxidation sites excluding steroid dienone is 2. The van der Waals surface area contributed by atoms with Gasteiger partial charge in [0, 0.05) is 11.6 Å². The van der Waals surface area contributed by atoms with Crippen LogP contribution in [0, 0.1) is 11.8 Å². The Morgan fingerprint density at radius 1 is 1.11 bits per heavy atom. The molecule has 1 aliphatic rings. The third kappa shape index (κ3) is 6.24. The van der Waals surface area contributed by atoms with Gasteiger partial charge in [0.1, 0.15) is 5.75 Å². The molecule has 1 heterocycles. The van der Waals surface area contributed by atoms with Gasteiger partial charge >= 0.3 is 12.1 Å². The molecule has 1 aromatic heterocycles.